The summed E-state index contributed by atoms with van der Waals surface area (Å²) >= 11 is 0. The first kappa shape index (κ1) is 44.1. The summed E-state index contributed by atoms with van der Waals surface area (Å²) in [4.78, 5) is 15.2. The Kier molecular flexibility index (Phi) is 36.3. The highest BCUT2D eigenvalue weighted by Gasteiger charge is 2.24. The van der Waals surface area contributed by atoms with E-state index < -0.39 is 0 Å². The van der Waals surface area contributed by atoms with Crippen LogP contribution in [0.1, 0.15) is 175 Å². The number of halogens is 1. The topological polar surface area (TPSA) is 29.5 Å². The Morgan fingerprint density at radius 2 is 0.953 bits per heavy atom. The highest BCUT2D eigenvalue weighted by molar-refractivity contribution is 5.85. The Labute approximate surface area is 276 Å². The number of rotatable bonds is 31. The molecule has 2 unspecified atom stereocenters. The molecule has 4 heteroatoms. The van der Waals surface area contributed by atoms with Crippen LogP contribution in [0.4, 0.5) is 0 Å². The normalized spacial score (nSPS) is 13.3. The van der Waals surface area contributed by atoms with Crippen LogP contribution in [0.3, 0.4) is 0 Å². The first-order chi connectivity index (χ1) is 20.5. The molecule has 0 aliphatic carbocycles. The van der Waals surface area contributed by atoms with Crippen LogP contribution in [0.5, 0.6) is 0 Å². The van der Waals surface area contributed by atoms with Crippen LogP contribution < -0.4 is 0 Å². The van der Waals surface area contributed by atoms with E-state index in [2.05, 4.69) is 76.2 Å². The van der Waals surface area contributed by atoms with Gasteiger partial charge in [-0.2, -0.15) is 0 Å². The fourth-order valence-corrected chi connectivity index (χ4v) is 5.51. The summed E-state index contributed by atoms with van der Waals surface area (Å²) < 4.78 is 6.31. The maximum absolute atomic E-state index is 13.0. The lowest BCUT2D eigenvalue weighted by Gasteiger charge is -2.27. The minimum absolute atomic E-state index is 0. The van der Waals surface area contributed by atoms with Crippen molar-refractivity contribution in [2.24, 2.45) is 5.92 Å². The minimum atomic E-state index is 0. The Morgan fingerprint density at radius 3 is 1.35 bits per heavy atom. The molecule has 43 heavy (non-hydrogen) atoms. The fourth-order valence-electron chi connectivity index (χ4n) is 5.51. The molecule has 0 aromatic carbocycles. The molecule has 0 amide bonds. The summed E-state index contributed by atoms with van der Waals surface area (Å²) in [6.45, 7) is 7.82. The molecule has 254 valence electrons. The third kappa shape index (κ3) is 32.2. The van der Waals surface area contributed by atoms with Crippen LogP contribution in [-0.2, 0) is 9.53 Å². The van der Waals surface area contributed by atoms with Crippen LogP contribution >= 0.6 is 12.4 Å². The predicted octanol–water partition coefficient (Wildman–Crippen LogP) is 12.6. The number of carbonyl (C=O) groups excluding carboxylic acids is 1. The standard InChI is InChI=1S/C39H73NO2.ClH/c1-6-9-12-15-18-21-24-27-32-37(33-28-25-22-19-16-13-10-7-2)38(34-29-26-23-20-17-14-11-8-3)42-39(41)35-30-31-36-40(4)5;/h18-23,37-38H,6-17,24-36H2,1-5H3;1H/b21-18-,22-19+,23-20-;. The zero-order valence-corrected chi connectivity index (χ0v) is 30.3. The highest BCUT2D eigenvalue weighted by Crippen LogP contribution is 2.27. The molecule has 0 aromatic rings. The largest absolute Gasteiger partial charge is 0.462 e. The Balaban J connectivity index is 0. The monoisotopic (exact) mass is 624 g/mol. The molecule has 2 atom stereocenters. The summed E-state index contributed by atoms with van der Waals surface area (Å²) in [7, 11) is 4.19. The predicted molar refractivity (Wildman–Crippen MR) is 194 cm³/mol. The summed E-state index contributed by atoms with van der Waals surface area (Å²) in [6, 6.07) is 0. The zero-order chi connectivity index (χ0) is 30.9. The number of allylic oxidation sites excluding steroid dienone is 6. The van der Waals surface area contributed by atoms with Gasteiger partial charge >= 0.3 is 5.97 Å². The van der Waals surface area contributed by atoms with E-state index in [0.29, 0.717) is 12.3 Å². The number of esters is 1. The Hall–Kier alpha value is -1.06. The molecule has 0 aliphatic heterocycles. The molecule has 0 radical (unpaired) electrons. The molecule has 0 N–H and O–H groups in total. The molecule has 0 fully saturated rings. The number of hydrogen-bond donors (Lipinski definition) is 0. The van der Waals surface area contributed by atoms with Crippen LogP contribution in [0, 0.1) is 5.92 Å². The first-order valence-corrected chi connectivity index (χ1v) is 18.3. The van der Waals surface area contributed by atoms with Gasteiger partial charge in [0.15, 0.2) is 0 Å². The third-order valence-electron chi connectivity index (χ3n) is 8.22. The molecule has 0 aliphatic rings. The maximum Gasteiger partial charge on any atom is 0.306 e. The molecule has 0 saturated heterocycles. The van der Waals surface area contributed by atoms with E-state index in [1.807, 2.05) is 0 Å². The van der Waals surface area contributed by atoms with Crippen molar-refractivity contribution in [3.63, 3.8) is 0 Å². The van der Waals surface area contributed by atoms with E-state index in [1.165, 1.54) is 89.9 Å². The van der Waals surface area contributed by atoms with Gasteiger partial charge in [-0.25, -0.2) is 0 Å². The van der Waals surface area contributed by atoms with Gasteiger partial charge in [0, 0.05) is 6.42 Å². The number of hydrogen-bond acceptors (Lipinski definition) is 3. The minimum Gasteiger partial charge on any atom is -0.462 e. The molecule has 0 bridgehead atoms. The van der Waals surface area contributed by atoms with Gasteiger partial charge in [-0.15, -0.1) is 12.4 Å². The fraction of sp³-hybridized carbons (Fsp3) is 0.821. The van der Waals surface area contributed by atoms with Crippen molar-refractivity contribution < 1.29 is 9.53 Å². The summed E-state index contributed by atoms with van der Waals surface area (Å²) in [6.07, 6.45) is 42.4. The van der Waals surface area contributed by atoms with E-state index in [1.54, 1.807) is 0 Å². The number of nitrogens with zero attached hydrogens (tertiary/aromatic N) is 1. The van der Waals surface area contributed by atoms with Crippen molar-refractivity contribution in [2.75, 3.05) is 20.6 Å². The molecular weight excluding hydrogens is 550 g/mol. The second-order valence-electron chi connectivity index (χ2n) is 12.7. The second kappa shape index (κ2) is 35.4. The van der Waals surface area contributed by atoms with Crippen molar-refractivity contribution in [3.8, 4) is 0 Å². The molecule has 3 nitrogen and oxygen atoms in total. The Morgan fingerprint density at radius 1 is 0.558 bits per heavy atom. The molecule has 0 aromatic heterocycles. The molecular formula is C39H74ClNO2. The molecule has 0 spiro atoms. The van der Waals surface area contributed by atoms with Crippen molar-refractivity contribution in [3.05, 3.63) is 36.5 Å². The lowest BCUT2D eigenvalue weighted by Crippen LogP contribution is -2.27. The van der Waals surface area contributed by atoms with Gasteiger partial charge in [0.2, 0.25) is 0 Å². The number of carbonyl (C=O) groups is 1. The van der Waals surface area contributed by atoms with Gasteiger partial charge in [0.05, 0.1) is 0 Å². The molecule has 0 heterocycles. The smallest absolute Gasteiger partial charge is 0.306 e. The second-order valence-corrected chi connectivity index (χ2v) is 12.7. The van der Waals surface area contributed by atoms with Gasteiger partial charge < -0.3 is 9.64 Å². The number of unbranched alkanes of at least 4 members (excludes halogenated alkanes) is 13. The van der Waals surface area contributed by atoms with E-state index in [0.717, 1.165) is 64.3 Å². The van der Waals surface area contributed by atoms with Gasteiger partial charge in [0.1, 0.15) is 6.10 Å². The summed E-state index contributed by atoms with van der Waals surface area (Å²) in [5, 5.41) is 0. The van der Waals surface area contributed by atoms with Crippen molar-refractivity contribution in [1.82, 2.24) is 4.90 Å². The molecule has 0 rings (SSSR count). The van der Waals surface area contributed by atoms with Crippen LogP contribution in [0.25, 0.3) is 0 Å². The van der Waals surface area contributed by atoms with E-state index in [-0.39, 0.29) is 24.5 Å². The average Bonchev–Trinajstić information content (AvgIpc) is 2.97. The SMILES string of the molecule is CCCCC/C=C\CCCC(CCC/C=C/CCCCC)C(CCC/C=C\CCCCC)OC(=O)CCCCN(C)C.Cl. The Bertz CT molecular complexity index is 632. The van der Waals surface area contributed by atoms with Gasteiger partial charge in [0.25, 0.3) is 0 Å². The lowest BCUT2D eigenvalue weighted by atomic mass is 9.87. The van der Waals surface area contributed by atoms with Crippen molar-refractivity contribution in [1.29, 1.82) is 0 Å². The first-order valence-electron chi connectivity index (χ1n) is 18.3. The average molecular weight is 624 g/mol. The maximum atomic E-state index is 13.0. The summed E-state index contributed by atoms with van der Waals surface area (Å²) in [5.74, 6) is 0.483. The van der Waals surface area contributed by atoms with E-state index in [9.17, 15) is 4.79 Å². The van der Waals surface area contributed by atoms with Gasteiger partial charge in [-0.05, 0) is 136 Å². The van der Waals surface area contributed by atoms with Crippen LogP contribution in [0.2, 0.25) is 0 Å². The quantitative estimate of drug-likeness (QED) is 0.0437. The lowest BCUT2D eigenvalue weighted by molar-refractivity contribution is -0.153. The summed E-state index contributed by atoms with van der Waals surface area (Å²) in [5.41, 5.74) is 0. The van der Waals surface area contributed by atoms with Gasteiger partial charge in [-0.1, -0.05) is 95.8 Å². The highest BCUT2D eigenvalue weighted by atomic mass is 35.5. The van der Waals surface area contributed by atoms with Crippen molar-refractivity contribution >= 4 is 18.4 Å². The van der Waals surface area contributed by atoms with E-state index in [4.69, 9.17) is 4.74 Å². The molecule has 0 saturated carbocycles. The number of ether oxygens (including phenoxy) is 1. The van der Waals surface area contributed by atoms with Crippen LogP contribution in [-0.4, -0.2) is 37.6 Å². The third-order valence-corrected chi connectivity index (χ3v) is 8.22. The van der Waals surface area contributed by atoms with Gasteiger partial charge in [-0.3, -0.25) is 4.79 Å². The zero-order valence-electron chi connectivity index (χ0n) is 29.5. The van der Waals surface area contributed by atoms with Crippen LogP contribution in [0.15, 0.2) is 36.5 Å². The van der Waals surface area contributed by atoms with E-state index >= 15 is 0 Å². The van der Waals surface area contributed by atoms with Crippen molar-refractivity contribution in [2.45, 2.75) is 181 Å².